The molecule has 1 atom stereocenters. The first-order chi connectivity index (χ1) is 11.6. The van der Waals surface area contributed by atoms with Gasteiger partial charge in [0.2, 0.25) is 0 Å². The van der Waals surface area contributed by atoms with Crippen molar-refractivity contribution in [3.63, 3.8) is 0 Å². The molecule has 1 aliphatic rings. The fourth-order valence-electron chi connectivity index (χ4n) is 2.72. The normalized spacial score (nSPS) is 16.3. The molecule has 3 rings (SSSR count). The molecule has 0 amide bonds. The zero-order valence-electron chi connectivity index (χ0n) is 13.5. The Morgan fingerprint density at radius 3 is 2.67 bits per heavy atom. The summed E-state index contributed by atoms with van der Waals surface area (Å²) in [5, 5.41) is 14.4. The van der Waals surface area contributed by atoms with Gasteiger partial charge in [-0.1, -0.05) is 48.0 Å². The molecule has 1 N–H and O–H groups in total. The van der Waals surface area contributed by atoms with E-state index in [9.17, 15) is 10.1 Å². The fraction of sp³-hybridized carbons (Fsp3) is 0.222. The lowest BCUT2D eigenvalue weighted by atomic mass is 10.0. The largest absolute Gasteiger partial charge is 0.435 e. The Bertz CT molecular complexity index is 790. The Morgan fingerprint density at radius 2 is 2.00 bits per heavy atom. The average Bonchev–Trinajstić information content (AvgIpc) is 2.59. The van der Waals surface area contributed by atoms with Gasteiger partial charge in [0.25, 0.3) is 5.88 Å². The second kappa shape index (κ2) is 6.97. The number of fused-ring (bicyclic) bond motifs is 1. The summed E-state index contributed by atoms with van der Waals surface area (Å²) in [7, 11) is 0. The fourth-order valence-corrected chi connectivity index (χ4v) is 3.57. The van der Waals surface area contributed by atoms with Crippen LogP contribution in [0.25, 0.3) is 0 Å². The molecule has 6 heteroatoms. The molecule has 0 radical (unpaired) electrons. The van der Waals surface area contributed by atoms with Crippen LogP contribution in [0.5, 0.6) is 5.75 Å². The van der Waals surface area contributed by atoms with Gasteiger partial charge in [0.05, 0.1) is 4.92 Å². The number of hydrogen-bond acceptors (Lipinski definition) is 5. The van der Waals surface area contributed by atoms with Crippen LogP contribution >= 0.6 is 11.8 Å². The molecule has 24 heavy (non-hydrogen) atoms. The van der Waals surface area contributed by atoms with Gasteiger partial charge in [-0.15, -0.1) is 11.8 Å². The Labute approximate surface area is 144 Å². The maximum Gasteiger partial charge on any atom is 0.323 e. The van der Waals surface area contributed by atoms with Crippen molar-refractivity contribution >= 4 is 11.8 Å². The van der Waals surface area contributed by atoms with Gasteiger partial charge in [-0.05, 0) is 24.8 Å². The van der Waals surface area contributed by atoms with E-state index in [1.807, 2.05) is 61.7 Å². The van der Waals surface area contributed by atoms with Gasteiger partial charge in [-0.25, -0.2) is 0 Å². The first-order valence-electron chi connectivity index (χ1n) is 7.57. The molecular weight excluding hydrogens is 324 g/mol. The molecule has 2 aromatic carbocycles. The second-order valence-corrected chi connectivity index (χ2v) is 6.51. The van der Waals surface area contributed by atoms with Crippen molar-refractivity contribution in [2.45, 2.75) is 18.7 Å². The maximum atomic E-state index is 11.7. The molecule has 5 nitrogen and oxygen atoms in total. The summed E-state index contributed by atoms with van der Waals surface area (Å²) in [5.74, 6) is 0.890. The topological polar surface area (TPSA) is 64.4 Å². The highest BCUT2D eigenvalue weighted by Crippen LogP contribution is 2.44. The van der Waals surface area contributed by atoms with E-state index in [2.05, 4.69) is 5.32 Å². The van der Waals surface area contributed by atoms with Gasteiger partial charge in [-0.2, -0.15) is 0 Å². The molecule has 1 aliphatic heterocycles. The van der Waals surface area contributed by atoms with Crippen LogP contribution in [0.3, 0.4) is 0 Å². The molecule has 0 bridgehead atoms. The maximum absolute atomic E-state index is 11.7. The molecule has 1 unspecified atom stereocenters. The number of rotatable bonds is 5. The van der Waals surface area contributed by atoms with Crippen LogP contribution in [0, 0.1) is 17.0 Å². The van der Waals surface area contributed by atoms with Crippen molar-refractivity contribution in [2.24, 2.45) is 0 Å². The first-order valence-corrected chi connectivity index (χ1v) is 8.86. The zero-order chi connectivity index (χ0) is 17.1. The van der Waals surface area contributed by atoms with E-state index in [1.165, 1.54) is 11.8 Å². The number of thioether (sulfide) groups is 1. The minimum Gasteiger partial charge on any atom is -0.435 e. The molecule has 0 spiro atoms. The van der Waals surface area contributed by atoms with Gasteiger partial charge < -0.3 is 10.1 Å². The van der Waals surface area contributed by atoms with Crippen molar-refractivity contribution < 1.29 is 9.66 Å². The highest BCUT2D eigenvalue weighted by atomic mass is 32.2. The van der Waals surface area contributed by atoms with Gasteiger partial charge in [0, 0.05) is 12.1 Å². The van der Waals surface area contributed by atoms with Crippen LogP contribution in [0.1, 0.15) is 21.9 Å². The average molecular weight is 342 g/mol. The highest BCUT2D eigenvalue weighted by Gasteiger charge is 2.38. The molecule has 0 fully saturated rings. The summed E-state index contributed by atoms with van der Waals surface area (Å²) in [6, 6.07) is 15.5. The summed E-state index contributed by atoms with van der Waals surface area (Å²) in [4.78, 5) is 11.3. The quantitative estimate of drug-likeness (QED) is 0.656. The monoisotopic (exact) mass is 342 g/mol. The van der Waals surface area contributed by atoms with Crippen LogP contribution in [0.4, 0.5) is 0 Å². The summed E-state index contributed by atoms with van der Waals surface area (Å²) in [5.41, 5.74) is 3.00. The molecule has 0 aliphatic carbocycles. The number of nitrogens with zero attached hydrogens (tertiary/aromatic N) is 1. The van der Waals surface area contributed by atoms with Crippen molar-refractivity contribution in [1.29, 1.82) is 0 Å². The molecule has 2 aromatic rings. The lowest BCUT2D eigenvalue weighted by Crippen LogP contribution is -2.28. The Hall–Kier alpha value is -2.47. The van der Waals surface area contributed by atoms with Crippen LogP contribution < -0.4 is 10.1 Å². The number of benzene rings is 2. The van der Waals surface area contributed by atoms with Gasteiger partial charge >= 0.3 is 5.70 Å². The van der Waals surface area contributed by atoms with E-state index in [4.69, 9.17) is 4.74 Å². The van der Waals surface area contributed by atoms with Crippen LogP contribution in [-0.2, 0) is 6.54 Å². The third kappa shape index (κ3) is 3.23. The van der Waals surface area contributed by atoms with Gasteiger partial charge in [0.15, 0.2) is 0 Å². The van der Waals surface area contributed by atoms with E-state index in [-0.39, 0.29) is 21.8 Å². The highest BCUT2D eigenvalue weighted by molar-refractivity contribution is 7.99. The SMILES string of the molecule is CSC1C([N+](=O)[O-])=C(NCc2ccccc2)Oc2ccc(C)cc21. The smallest absolute Gasteiger partial charge is 0.323 e. The number of ether oxygens (including phenoxy) is 1. The number of aryl methyl sites for hydroxylation is 1. The standard InChI is InChI=1S/C18H18N2O3S/c1-12-8-9-15-14(10-12)17(24-2)16(20(21)22)18(23-15)19-11-13-6-4-3-5-7-13/h3-10,17,19H,11H2,1-2H3. The van der Waals surface area contributed by atoms with E-state index >= 15 is 0 Å². The third-order valence-corrected chi connectivity index (χ3v) is 4.82. The second-order valence-electron chi connectivity index (χ2n) is 5.57. The van der Waals surface area contributed by atoms with E-state index in [1.54, 1.807) is 0 Å². The summed E-state index contributed by atoms with van der Waals surface area (Å²) in [6.07, 6.45) is 1.88. The Kier molecular flexibility index (Phi) is 4.76. The Morgan fingerprint density at radius 1 is 1.25 bits per heavy atom. The number of nitrogens with one attached hydrogen (secondary N) is 1. The molecule has 124 valence electrons. The predicted molar refractivity (Wildman–Crippen MR) is 95.4 cm³/mol. The zero-order valence-corrected chi connectivity index (χ0v) is 14.3. The van der Waals surface area contributed by atoms with E-state index < -0.39 is 0 Å². The van der Waals surface area contributed by atoms with Crippen molar-refractivity contribution in [2.75, 3.05) is 6.26 Å². The summed E-state index contributed by atoms with van der Waals surface area (Å²) >= 11 is 1.44. The Balaban J connectivity index is 1.95. The minimum atomic E-state index is -0.359. The van der Waals surface area contributed by atoms with Crippen LogP contribution in [-0.4, -0.2) is 11.2 Å². The van der Waals surface area contributed by atoms with Crippen molar-refractivity contribution in [1.82, 2.24) is 5.32 Å². The molecule has 0 saturated carbocycles. The van der Waals surface area contributed by atoms with Crippen molar-refractivity contribution in [3.8, 4) is 5.75 Å². The molecule has 0 aromatic heterocycles. The van der Waals surface area contributed by atoms with E-state index in [0.29, 0.717) is 12.3 Å². The summed E-state index contributed by atoms with van der Waals surface area (Å²) in [6.45, 7) is 2.44. The first kappa shape index (κ1) is 16.4. The predicted octanol–water partition coefficient (Wildman–Crippen LogP) is 4.03. The third-order valence-electron chi connectivity index (χ3n) is 3.87. The number of hydrogen-bond donors (Lipinski definition) is 1. The molecule has 0 saturated heterocycles. The van der Waals surface area contributed by atoms with Crippen LogP contribution in [0.15, 0.2) is 60.1 Å². The van der Waals surface area contributed by atoms with Gasteiger partial charge in [-0.3, -0.25) is 10.1 Å². The number of nitro groups is 1. The minimum absolute atomic E-state index is 0.0662. The molecular formula is C18H18N2O3S. The van der Waals surface area contributed by atoms with Crippen LogP contribution in [0.2, 0.25) is 0 Å². The lowest BCUT2D eigenvalue weighted by molar-refractivity contribution is -0.431. The van der Waals surface area contributed by atoms with Gasteiger partial charge in [0.1, 0.15) is 11.0 Å². The van der Waals surface area contributed by atoms with E-state index in [0.717, 1.165) is 16.7 Å². The molecule has 1 heterocycles. The lowest BCUT2D eigenvalue weighted by Gasteiger charge is -2.25. The van der Waals surface area contributed by atoms with Crippen molar-refractivity contribution in [3.05, 3.63) is 86.9 Å². The summed E-state index contributed by atoms with van der Waals surface area (Å²) < 4.78 is 5.83.